The highest BCUT2D eigenvalue weighted by Gasteiger charge is 2.34. The number of likely N-dealkylation sites (tertiary alicyclic amines) is 1. The van der Waals surface area contributed by atoms with Crippen molar-refractivity contribution in [3.8, 4) is 0 Å². The summed E-state index contributed by atoms with van der Waals surface area (Å²) in [5.41, 5.74) is -0.00423. The zero-order valence-corrected chi connectivity index (χ0v) is 14.5. The number of carbonyl (C=O) groups is 2. The fourth-order valence-corrected chi connectivity index (χ4v) is 3.07. The average Bonchev–Trinajstić information content (AvgIpc) is 2.61. The smallest absolute Gasteiger partial charge is 0.358 e. The van der Waals surface area contributed by atoms with E-state index in [1.54, 1.807) is 0 Å². The van der Waals surface area contributed by atoms with Gasteiger partial charge in [-0.2, -0.15) is 13.2 Å². The number of hydrogen-bond donors (Lipinski definition) is 2. The van der Waals surface area contributed by atoms with Crippen molar-refractivity contribution < 1.29 is 22.8 Å². The summed E-state index contributed by atoms with van der Waals surface area (Å²) in [6.45, 7) is 4.31. The lowest BCUT2D eigenvalue weighted by Crippen LogP contribution is -2.54. The lowest BCUT2D eigenvalue weighted by atomic mass is 9.95. The van der Waals surface area contributed by atoms with Gasteiger partial charge < -0.3 is 10.6 Å². The Morgan fingerprint density at radius 1 is 1.31 bits per heavy atom. The third-order valence-electron chi connectivity index (χ3n) is 4.46. The van der Waals surface area contributed by atoms with Crippen molar-refractivity contribution in [2.24, 2.45) is 0 Å². The van der Waals surface area contributed by atoms with E-state index in [0.29, 0.717) is 31.5 Å². The van der Waals surface area contributed by atoms with Gasteiger partial charge in [0.15, 0.2) is 0 Å². The molecular weight excluding hydrogens is 347 g/mol. The molecule has 0 bridgehead atoms. The maximum absolute atomic E-state index is 12.7. The highest BCUT2D eigenvalue weighted by Crippen LogP contribution is 2.29. The Morgan fingerprint density at radius 2 is 1.96 bits per heavy atom. The van der Waals surface area contributed by atoms with Crippen LogP contribution in [0.25, 0.3) is 0 Å². The maximum Gasteiger partial charge on any atom is 0.416 e. The summed E-state index contributed by atoms with van der Waals surface area (Å²) in [4.78, 5) is 25.6. The van der Waals surface area contributed by atoms with Crippen molar-refractivity contribution in [2.45, 2.75) is 37.6 Å². The average molecular weight is 369 g/mol. The molecule has 0 radical (unpaired) electrons. The molecule has 1 aliphatic rings. The van der Waals surface area contributed by atoms with Crippen molar-refractivity contribution in [2.75, 3.05) is 13.6 Å². The predicted octanol–water partition coefficient (Wildman–Crippen LogP) is 2.09. The topological polar surface area (TPSA) is 61.4 Å². The van der Waals surface area contributed by atoms with E-state index in [9.17, 15) is 22.8 Å². The minimum Gasteiger partial charge on any atom is -0.358 e. The summed E-state index contributed by atoms with van der Waals surface area (Å²) in [5.74, 6) is -0.476. The van der Waals surface area contributed by atoms with E-state index < -0.39 is 17.8 Å². The molecule has 2 amide bonds. The molecule has 26 heavy (non-hydrogen) atoms. The number of nitrogens with one attached hydrogen (secondary N) is 2. The molecule has 1 saturated heterocycles. The van der Waals surface area contributed by atoms with E-state index in [1.807, 2.05) is 4.90 Å². The Bertz CT molecular complexity index is 659. The van der Waals surface area contributed by atoms with Crippen LogP contribution in [0.15, 0.2) is 36.9 Å². The number of rotatable bonds is 5. The molecule has 1 aliphatic heterocycles. The number of halogens is 3. The van der Waals surface area contributed by atoms with E-state index in [0.717, 1.165) is 12.1 Å². The molecule has 0 saturated carbocycles. The van der Waals surface area contributed by atoms with Gasteiger partial charge in [-0.1, -0.05) is 18.7 Å². The molecule has 2 rings (SSSR count). The normalized spacial score (nSPS) is 21.1. The van der Waals surface area contributed by atoms with E-state index in [-0.39, 0.29) is 17.9 Å². The predicted molar refractivity (Wildman–Crippen MR) is 91.1 cm³/mol. The molecule has 2 atom stereocenters. The fourth-order valence-electron chi connectivity index (χ4n) is 3.07. The first kappa shape index (κ1) is 20.0. The van der Waals surface area contributed by atoms with Crippen molar-refractivity contribution in [3.63, 3.8) is 0 Å². The van der Waals surface area contributed by atoms with Gasteiger partial charge in [-0.3, -0.25) is 14.5 Å². The van der Waals surface area contributed by atoms with Gasteiger partial charge >= 0.3 is 6.18 Å². The molecule has 0 spiro atoms. The van der Waals surface area contributed by atoms with Crippen LogP contribution >= 0.6 is 0 Å². The minimum atomic E-state index is -4.37. The number of likely N-dealkylation sites (N-methyl/N-ethyl adjacent to an activating group) is 1. The molecule has 1 aromatic rings. The molecule has 0 aliphatic carbocycles. The van der Waals surface area contributed by atoms with E-state index in [2.05, 4.69) is 17.2 Å². The molecule has 5 nitrogen and oxygen atoms in total. The maximum atomic E-state index is 12.7. The summed E-state index contributed by atoms with van der Waals surface area (Å²) in [5, 5.41) is 5.40. The Kier molecular flexibility index (Phi) is 6.42. The molecule has 142 valence electrons. The Balaban J connectivity index is 2.08. The van der Waals surface area contributed by atoms with Gasteiger partial charge in [0.2, 0.25) is 11.8 Å². The number of piperidine rings is 1. The second kappa shape index (κ2) is 8.35. The third-order valence-corrected chi connectivity index (χ3v) is 4.46. The molecular formula is C18H22F3N3O2. The first-order valence-electron chi connectivity index (χ1n) is 8.29. The molecule has 0 unspecified atom stereocenters. The Labute approximate surface area is 150 Å². The van der Waals surface area contributed by atoms with Gasteiger partial charge in [0.05, 0.1) is 11.6 Å². The zero-order valence-electron chi connectivity index (χ0n) is 14.5. The van der Waals surface area contributed by atoms with Crippen molar-refractivity contribution >= 4 is 11.8 Å². The number of benzene rings is 1. The first-order chi connectivity index (χ1) is 12.2. The zero-order chi connectivity index (χ0) is 19.3. The number of nitrogens with zero attached hydrogens (tertiary/aromatic N) is 1. The largest absolute Gasteiger partial charge is 0.416 e. The van der Waals surface area contributed by atoms with Gasteiger partial charge in [-0.15, -0.1) is 0 Å². The summed E-state index contributed by atoms with van der Waals surface area (Å²) in [7, 11) is 1.53. The molecule has 1 aromatic carbocycles. The van der Waals surface area contributed by atoms with Gasteiger partial charge in [0, 0.05) is 26.2 Å². The van der Waals surface area contributed by atoms with Gasteiger partial charge in [-0.05, 0) is 36.6 Å². The van der Waals surface area contributed by atoms with Crippen LogP contribution in [0, 0.1) is 0 Å². The van der Waals surface area contributed by atoms with Crippen LogP contribution in [-0.4, -0.2) is 42.4 Å². The highest BCUT2D eigenvalue weighted by atomic mass is 19.4. The van der Waals surface area contributed by atoms with Crippen LogP contribution < -0.4 is 10.6 Å². The van der Waals surface area contributed by atoms with Crippen molar-refractivity contribution in [1.29, 1.82) is 0 Å². The fraction of sp³-hybridized carbons (Fsp3) is 0.444. The quantitative estimate of drug-likeness (QED) is 0.782. The Hall–Kier alpha value is -2.35. The van der Waals surface area contributed by atoms with Crippen molar-refractivity contribution in [1.82, 2.24) is 15.5 Å². The van der Waals surface area contributed by atoms with Gasteiger partial charge in [-0.25, -0.2) is 0 Å². The third kappa shape index (κ3) is 5.08. The number of amides is 2. The van der Waals surface area contributed by atoms with Crippen LogP contribution in [-0.2, 0) is 22.3 Å². The standard InChI is InChI=1S/C18H22F3N3O2/c1-3-16(25)23-14-8-9-24(15(10-14)17(26)22-2)11-12-4-6-13(7-5-12)18(19,20)21/h3-7,14-15H,1,8-11H2,2H3,(H,22,26)(H,23,25)/t14-,15-/m1/s1. The van der Waals surface area contributed by atoms with Crippen molar-refractivity contribution in [3.05, 3.63) is 48.0 Å². The number of alkyl halides is 3. The molecule has 8 heteroatoms. The van der Waals surface area contributed by atoms with E-state index in [1.165, 1.54) is 25.3 Å². The molecule has 1 fully saturated rings. The van der Waals surface area contributed by atoms with E-state index in [4.69, 9.17) is 0 Å². The monoisotopic (exact) mass is 369 g/mol. The van der Waals surface area contributed by atoms with Gasteiger partial charge in [0.1, 0.15) is 0 Å². The molecule has 2 N–H and O–H groups in total. The second-order valence-electron chi connectivity index (χ2n) is 6.23. The lowest BCUT2D eigenvalue weighted by molar-refractivity contribution is -0.137. The summed E-state index contributed by atoms with van der Waals surface area (Å²) in [6.07, 6.45) is -2.11. The summed E-state index contributed by atoms with van der Waals surface area (Å²) in [6, 6.07) is 4.32. The van der Waals surface area contributed by atoms with Crippen LogP contribution in [0.4, 0.5) is 13.2 Å². The first-order valence-corrected chi connectivity index (χ1v) is 8.29. The molecule has 1 heterocycles. The van der Waals surface area contributed by atoms with Crippen LogP contribution in [0.1, 0.15) is 24.0 Å². The van der Waals surface area contributed by atoms with Crippen LogP contribution in [0.3, 0.4) is 0 Å². The number of carbonyl (C=O) groups excluding carboxylic acids is 2. The highest BCUT2D eigenvalue weighted by molar-refractivity contribution is 5.87. The van der Waals surface area contributed by atoms with Crippen LogP contribution in [0.2, 0.25) is 0 Å². The van der Waals surface area contributed by atoms with E-state index >= 15 is 0 Å². The summed E-state index contributed by atoms with van der Waals surface area (Å²) >= 11 is 0. The Morgan fingerprint density at radius 3 is 2.50 bits per heavy atom. The molecule has 0 aromatic heterocycles. The minimum absolute atomic E-state index is 0.147. The van der Waals surface area contributed by atoms with Crippen LogP contribution in [0.5, 0.6) is 0 Å². The lowest BCUT2D eigenvalue weighted by Gasteiger charge is -2.38. The summed E-state index contributed by atoms with van der Waals surface area (Å²) < 4.78 is 38.0. The second-order valence-corrected chi connectivity index (χ2v) is 6.23. The SMILES string of the molecule is C=CC(=O)N[C@@H]1CCN(Cc2ccc(C(F)(F)F)cc2)[C@@H](C(=O)NC)C1. The number of hydrogen-bond acceptors (Lipinski definition) is 3. The van der Waals surface area contributed by atoms with Gasteiger partial charge in [0.25, 0.3) is 0 Å².